The number of hydrazone groups is 1. The SMILES string of the molecule is COc1ccc(S(=O)(=O)N(C)CC(=O)NN=Cc2cc(OC)c(OC)c(OC)c2)cc1C. The number of ether oxygens (including phenoxy) is 4. The summed E-state index contributed by atoms with van der Waals surface area (Å²) in [6.45, 7) is 1.32. The van der Waals surface area contributed by atoms with Crippen LogP contribution >= 0.6 is 0 Å². The summed E-state index contributed by atoms with van der Waals surface area (Å²) in [5.74, 6) is 1.26. The van der Waals surface area contributed by atoms with Gasteiger partial charge in [0.1, 0.15) is 5.75 Å². The van der Waals surface area contributed by atoms with Gasteiger partial charge in [-0.25, -0.2) is 13.8 Å². The van der Waals surface area contributed by atoms with Gasteiger partial charge in [0.15, 0.2) is 11.5 Å². The Bertz CT molecular complexity index is 1080. The quantitative estimate of drug-likeness (QED) is 0.420. The molecule has 0 radical (unpaired) electrons. The lowest BCUT2D eigenvalue weighted by Gasteiger charge is -2.17. The summed E-state index contributed by atoms with van der Waals surface area (Å²) in [6.07, 6.45) is 1.38. The Labute approximate surface area is 187 Å². The fourth-order valence-electron chi connectivity index (χ4n) is 2.87. The third kappa shape index (κ3) is 5.68. The Morgan fingerprint density at radius 2 is 1.59 bits per heavy atom. The Kier molecular flexibility index (Phi) is 8.44. The number of nitrogens with one attached hydrogen (secondary N) is 1. The number of amides is 1. The van der Waals surface area contributed by atoms with E-state index < -0.39 is 22.5 Å². The monoisotopic (exact) mass is 465 g/mol. The average molecular weight is 466 g/mol. The van der Waals surface area contributed by atoms with Gasteiger partial charge in [-0.15, -0.1) is 0 Å². The third-order valence-electron chi connectivity index (χ3n) is 4.53. The van der Waals surface area contributed by atoms with Crippen molar-refractivity contribution < 1.29 is 32.2 Å². The molecule has 2 rings (SSSR count). The second kappa shape index (κ2) is 10.8. The third-order valence-corrected chi connectivity index (χ3v) is 6.33. The first-order valence-corrected chi connectivity index (χ1v) is 10.8. The molecule has 11 heteroatoms. The molecule has 0 spiro atoms. The normalized spacial score (nSPS) is 11.5. The van der Waals surface area contributed by atoms with Crippen molar-refractivity contribution in [1.82, 2.24) is 9.73 Å². The number of carbonyl (C=O) groups is 1. The van der Waals surface area contributed by atoms with Gasteiger partial charge in [-0.3, -0.25) is 4.79 Å². The predicted molar refractivity (Wildman–Crippen MR) is 119 cm³/mol. The van der Waals surface area contributed by atoms with Crippen LogP contribution in [-0.4, -0.2) is 66.9 Å². The molecular weight excluding hydrogens is 438 g/mol. The minimum absolute atomic E-state index is 0.0621. The molecule has 10 nitrogen and oxygen atoms in total. The molecule has 0 fully saturated rings. The van der Waals surface area contributed by atoms with Gasteiger partial charge in [0, 0.05) is 12.6 Å². The summed E-state index contributed by atoms with van der Waals surface area (Å²) in [5, 5.41) is 3.88. The van der Waals surface area contributed by atoms with Crippen LogP contribution in [0.5, 0.6) is 23.0 Å². The van der Waals surface area contributed by atoms with Crippen molar-refractivity contribution in [2.45, 2.75) is 11.8 Å². The first-order valence-electron chi connectivity index (χ1n) is 9.40. The maximum absolute atomic E-state index is 12.7. The highest BCUT2D eigenvalue weighted by atomic mass is 32.2. The Balaban J connectivity index is 2.07. The second-order valence-electron chi connectivity index (χ2n) is 6.64. The molecule has 0 aliphatic carbocycles. The van der Waals surface area contributed by atoms with Crippen LogP contribution in [0.2, 0.25) is 0 Å². The van der Waals surface area contributed by atoms with Crippen LogP contribution in [0.4, 0.5) is 0 Å². The van der Waals surface area contributed by atoms with Gasteiger partial charge in [-0.05, 0) is 42.8 Å². The zero-order valence-corrected chi connectivity index (χ0v) is 19.6. The van der Waals surface area contributed by atoms with Crippen LogP contribution in [0, 0.1) is 6.92 Å². The molecule has 2 aromatic carbocycles. The fraction of sp³-hybridized carbons (Fsp3) is 0.333. The number of carbonyl (C=O) groups excluding carboxylic acids is 1. The van der Waals surface area contributed by atoms with E-state index in [1.54, 1.807) is 25.1 Å². The van der Waals surface area contributed by atoms with E-state index in [1.165, 1.54) is 53.8 Å². The minimum atomic E-state index is -3.87. The van der Waals surface area contributed by atoms with Gasteiger partial charge in [0.05, 0.1) is 46.1 Å². The number of hydrogen-bond acceptors (Lipinski definition) is 8. The summed E-state index contributed by atoms with van der Waals surface area (Å²) in [7, 11) is 3.42. The highest BCUT2D eigenvalue weighted by molar-refractivity contribution is 7.89. The number of hydrogen-bond donors (Lipinski definition) is 1. The van der Waals surface area contributed by atoms with Crippen LogP contribution in [0.25, 0.3) is 0 Å². The van der Waals surface area contributed by atoms with Crippen molar-refractivity contribution in [3.63, 3.8) is 0 Å². The smallest absolute Gasteiger partial charge is 0.255 e. The van der Waals surface area contributed by atoms with Gasteiger partial charge in [0.2, 0.25) is 15.8 Å². The molecular formula is C21H27N3O7S. The summed E-state index contributed by atoms with van der Waals surface area (Å²) in [4.78, 5) is 12.3. The number of sulfonamides is 1. The highest BCUT2D eigenvalue weighted by Crippen LogP contribution is 2.37. The van der Waals surface area contributed by atoms with Gasteiger partial charge < -0.3 is 18.9 Å². The van der Waals surface area contributed by atoms with Gasteiger partial charge >= 0.3 is 0 Å². The molecule has 1 amide bonds. The van der Waals surface area contributed by atoms with Crippen LogP contribution in [0.15, 0.2) is 40.3 Å². The predicted octanol–water partition coefficient (Wildman–Crippen LogP) is 1.80. The second-order valence-corrected chi connectivity index (χ2v) is 8.69. The number of likely N-dealkylation sites (N-methyl/N-ethyl adjacent to an activating group) is 1. The molecule has 0 aliphatic rings. The van der Waals surface area contributed by atoms with E-state index in [4.69, 9.17) is 18.9 Å². The molecule has 0 bridgehead atoms. The van der Waals surface area contributed by atoms with Crippen molar-refractivity contribution in [2.24, 2.45) is 5.10 Å². The van der Waals surface area contributed by atoms with Crippen molar-refractivity contribution in [2.75, 3.05) is 42.0 Å². The molecule has 174 valence electrons. The van der Waals surface area contributed by atoms with Crippen molar-refractivity contribution >= 4 is 22.1 Å². The molecule has 0 aliphatic heterocycles. The first kappa shape index (κ1) is 25.0. The lowest BCUT2D eigenvalue weighted by atomic mass is 10.2. The van der Waals surface area contributed by atoms with Crippen molar-refractivity contribution in [3.8, 4) is 23.0 Å². The van der Waals surface area contributed by atoms with Crippen LogP contribution in [0.3, 0.4) is 0 Å². The van der Waals surface area contributed by atoms with Gasteiger partial charge in [0.25, 0.3) is 5.91 Å². The Hall–Kier alpha value is -3.31. The summed E-state index contributed by atoms with van der Waals surface area (Å²) < 4.78 is 47.4. The minimum Gasteiger partial charge on any atom is -0.496 e. The van der Waals surface area contributed by atoms with E-state index in [9.17, 15) is 13.2 Å². The molecule has 0 aromatic heterocycles. The summed E-state index contributed by atoms with van der Waals surface area (Å²) in [5.41, 5.74) is 3.56. The van der Waals surface area contributed by atoms with E-state index >= 15 is 0 Å². The number of methoxy groups -OCH3 is 4. The fourth-order valence-corrected chi connectivity index (χ4v) is 4.08. The molecule has 32 heavy (non-hydrogen) atoms. The van der Waals surface area contributed by atoms with Crippen molar-refractivity contribution in [1.29, 1.82) is 0 Å². The zero-order valence-electron chi connectivity index (χ0n) is 18.8. The molecule has 0 saturated heterocycles. The van der Waals surface area contributed by atoms with E-state index in [-0.39, 0.29) is 4.90 Å². The van der Waals surface area contributed by atoms with E-state index in [0.717, 1.165) is 4.31 Å². The van der Waals surface area contributed by atoms with E-state index in [2.05, 4.69) is 10.5 Å². The lowest BCUT2D eigenvalue weighted by molar-refractivity contribution is -0.121. The number of nitrogens with zero attached hydrogens (tertiary/aromatic N) is 2. The highest BCUT2D eigenvalue weighted by Gasteiger charge is 2.23. The molecule has 0 saturated carbocycles. The van der Waals surface area contributed by atoms with Gasteiger partial charge in [-0.1, -0.05) is 0 Å². The summed E-state index contributed by atoms with van der Waals surface area (Å²) in [6, 6.07) is 7.79. The van der Waals surface area contributed by atoms with Crippen LogP contribution in [-0.2, 0) is 14.8 Å². The van der Waals surface area contributed by atoms with Gasteiger partial charge in [-0.2, -0.15) is 9.41 Å². The Morgan fingerprint density at radius 1 is 1.00 bits per heavy atom. The molecule has 0 unspecified atom stereocenters. The number of aryl methyl sites for hydroxylation is 1. The molecule has 1 N–H and O–H groups in total. The number of benzene rings is 2. The van der Waals surface area contributed by atoms with Crippen LogP contribution < -0.4 is 24.4 Å². The summed E-state index contributed by atoms with van der Waals surface area (Å²) >= 11 is 0. The van der Waals surface area contributed by atoms with E-state index in [0.29, 0.717) is 34.1 Å². The first-order chi connectivity index (χ1) is 15.2. The topological polar surface area (TPSA) is 116 Å². The zero-order chi connectivity index (χ0) is 23.9. The largest absolute Gasteiger partial charge is 0.496 e. The van der Waals surface area contributed by atoms with E-state index in [1.807, 2.05) is 0 Å². The van der Waals surface area contributed by atoms with Crippen LogP contribution in [0.1, 0.15) is 11.1 Å². The lowest BCUT2D eigenvalue weighted by Crippen LogP contribution is -2.36. The molecule has 0 atom stereocenters. The maximum atomic E-state index is 12.7. The molecule has 2 aromatic rings. The standard InChI is InChI=1S/C21H27N3O7S/c1-14-9-16(7-8-17(14)28-3)32(26,27)24(2)13-20(25)23-22-12-15-10-18(29-4)21(31-6)19(11-15)30-5/h7-12H,13H2,1-6H3,(H,23,25). The maximum Gasteiger partial charge on any atom is 0.255 e. The Morgan fingerprint density at radius 3 is 2.09 bits per heavy atom. The van der Waals surface area contributed by atoms with Crippen molar-refractivity contribution in [3.05, 3.63) is 41.5 Å². The number of rotatable bonds is 10. The average Bonchev–Trinajstić information content (AvgIpc) is 2.77. The molecule has 0 heterocycles.